The van der Waals surface area contributed by atoms with Crippen molar-refractivity contribution in [2.24, 2.45) is 0 Å². The van der Waals surface area contributed by atoms with Crippen molar-refractivity contribution < 1.29 is 0 Å². The quantitative estimate of drug-likeness (QED) is 0.576. The third kappa shape index (κ3) is 2.99. The normalized spacial score (nSPS) is 11.3. The Morgan fingerprint density at radius 3 is 2.44 bits per heavy atom. The average molecular weight is 359 g/mol. The zero-order chi connectivity index (χ0) is 19.1. The molecule has 0 saturated carbocycles. The molecule has 0 aliphatic heterocycles. The maximum absolute atomic E-state index is 4.79. The third-order valence-electron chi connectivity index (χ3n) is 5.39. The lowest BCUT2D eigenvalue weighted by Gasteiger charge is -2.15. The predicted molar refractivity (Wildman–Crippen MR) is 110 cm³/mol. The van der Waals surface area contributed by atoms with Gasteiger partial charge in [0.15, 0.2) is 5.65 Å². The third-order valence-corrected chi connectivity index (χ3v) is 5.39. The van der Waals surface area contributed by atoms with E-state index in [1.54, 1.807) is 0 Å². The van der Waals surface area contributed by atoms with E-state index in [9.17, 15) is 0 Å². The predicted octanol–water partition coefficient (Wildman–Crippen LogP) is 4.67. The number of nitrogens with one attached hydrogen (secondary N) is 1. The summed E-state index contributed by atoms with van der Waals surface area (Å²) in [7, 11) is 0. The largest absolute Gasteiger partial charge is 0.378 e. The SMILES string of the molecule is Cc1cccc(C)c1CNc1cc(-n2ccnc2C)cn2c(C)c(C)nc12. The highest BCUT2D eigenvalue weighted by molar-refractivity contribution is 5.72. The van der Waals surface area contributed by atoms with Gasteiger partial charge in [-0.05, 0) is 57.4 Å². The summed E-state index contributed by atoms with van der Waals surface area (Å²) in [5, 5.41) is 3.63. The lowest BCUT2D eigenvalue weighted by molar-refractivity contribution is 0.950. The number of nitrogens with zero attached hydrogens (tertiary/aromatic N) is 4. The fraction of sp³-hybridized carbons (Fsp3) is 0.273. The smallest absolute Gasteiger partial charge is 0.160 e. The Labute approximate surface area is 159 Å². The molecule has 0 fully saturated rings. The van der Waals surface area contributed by atoms with Crippen LogP contribution >= 0.6 is 0 Å². The average Bonchev–Trinajstić information content (AvgIpc) is 3.18. The van der Waals surface area contributed by atoms with Gasteiger partial charge in [-0.15, -0.1) is 0 Å². The van der Waals surface area contributed by atoms with Crippen molar-refractivity contribution in [2.45, 2.75) is 41.2 Å². The van der Waals surface area contributed by atoms with Crippen molar-refractivity contribution in [1.29, 1.82) is 0 Å². The molecule has 27 heavy (non-hydrogen) atoms. The molecule has 3 heterocycles. The number of fused-ring (bicyclic) bond motifs is 1. The summed E-state index contributed by atoms with van der Waals surface area (Å²) < 4.78 is 4.26. The molecule has 0 aliphatic rings. The molecule has 0 atom stereocenters. The molecule has 1 aromatic carbocycles. The minimum atomic E-state index is 0.769. The van der Waals surface area contributed by atoms with Crippen LogP contribution in [0.5, 0.6) is 0 Å². The van der Waals surface area contributed by atoms with Gasteiger partial charge in [-0.2, -0.15) is 0 Å². The van der Waals surface area contributed by atoms with Crippen LogP contribution in [0.3, 0.4) is 0 Å². The van der Waals surface area contributed by atoms with E-state index in [0.29, 0.717) is 0 Å². The molecule has 4 rings (SSSR count). The van der Waals surface area contributed by atoms with Gasteiger partial charge in [0.25, 0.3) is 0 Å². The highest BCUT2D eigenvalue weighted by Crippen LogP contribution is 2.25. The Morgan fingerprint density at radius 2 is 1.78 bits per heavy atom. The van der Waals surface area contributed by atoms with Crippen LogP contribution in [-0.2, 0) is 6.54 Å². The molecule has 0 bridgehead atoms. The van der Waals surface area contributed by atoms with Gasteiger partial charge in [0.1, 0.15) is 5.82 Å². The first-order valence-electron chi connectivity index (χ1n) is 9.24. The van der Waals surface area contributed by atoms with Gasteiger partial charge in [0.2, 0.25) is 0 Å². The summed E-state index contributed by atoms with van der Waals surface area (Å²) in [5.41, 5.74) is 9.19. The van der Waals surface area contributed by atoms with E-state index < -0.39 is 0 Å². The van der Waals surface area contributed by atoms with Crippen LogP contribution in [0.1, 0.15) is 33.9 Å². The number of hydrogen-bond donors (Lipinski definition) is 1. The Balaban J connectivity index is 1.81. The fourth-order valence-electron chi connectivity index (χ4n) is 3.58. The highest BCUT2D eigenvalue weighted by atomic mass is 15.1. The maximum atomic E-state index is 4.79. The van der Waals surface area contributed by atoms with Gasteiger partial charge < -0.3 is 14.3 Å². The number of anilines is 1. The van der Waals surface area contributed by atoms with Crippen LogP contribution in [-0.4, -0.2) is 18.9 Å². The first-order valence-corrected chi connectivity index (χ1v) is 9.24. The number of rotatable bonds is 4. The molecular weight excluding hydrogens is 334 g/mol. The summed E-state index contributed by atoms with van der Waals surface area (Å²) in [6.07, 6.45) is 5.95. The molecule has 0 amide bonds. The molecular formula is C22H25N5. The summed E-state index contributed by atoms with van der Waals surface area (Å²) in [5.74, 6) is 0.963. The maximum Gasteiger partial charge on any atom is 0.160 e. The molecule has 0 spiro atoms. The summed E-state index contributed by atoms with van der Waals surface area (Å²) in [4.78, 5) is 9.16. The van der Waals surface area contributed by atoms with Gasteiger partial charge in [-0.3, -0.25) is 0 Å². The molecule has 0 saturated heterocycles. The molecule has 0 radical (unpaired) electrons. The Morgan fingerprint density at radius 1 is 1.04 bits per heavy atom. The number of aryl methyl sites for hydroxylation is 5. The van der Waals surface area contributed by atoms with E-state index >= 15 is 0 Å². The Hall–Kier alpha value is -3.08. The monoisotopic (exact) mass is 359 g/mol. The van der Waals surface area contributed by atoms with E-state index in [2.05, 4.69) is 77.4 Å². The fourth-order valence-corrected chi connectivity index (χ4v) is 3.58. The van der Waals surface area contributed by atoms with Crippen LogP contribution < -0.4 is 5.32 Å². The highest BCUT2D eigenvalue weighted by Gasteiger charge is 2.13. The van der Waals surface area contributed by atoms with Crippen molar-refractivity contribution in [2.75, 3.05) is 5.32 Å². The number of aromatic nitrogens is 4. The second-order valence-electron chi connectivity index (χ2n) is 7.16. The summed E-state index contributed by atoms with van der Waals surface area (Å²) in [6.45, 7) is 11.3. The number of imidazole rings is 2. The van der Waals surface area contributed by atoms with Gasteiger partial charge in [0.05, 0.1) is 17.1 Å². The molecule has 3 aromatic heterocycles. The minimum Gasteiger partial charge on any atom is -0.378 e. The topological polar surface area (TPSA) is 47.2 Å². The molecule has 5 heteroatoms. The van der Waals surface area contributed by atoms with Crippen LogP contribution in [0.2, 0.25) is 0 Å². The van der Waals surface area contributed by atoms with Crippen LogP contribution in [0.15, 0.2) is 42.9 Å². The first kappa shape index (κ1) is 17.3. The van der Waals surface area contributed by atoms with Gasteiger partial charge in [-0.1, -0.05) is 18.2 Å². The van der Waals surface area contributed by atoms with E-state index in [4.69, 9.17) is 4.98 Å². The number of hydrogen-bond acceptors (Lipinski definition) is 3. The number of benzene rings is 1. The van der Waals surface area contributed by atoms with Crippen LogP contribution in [0.4, 0.5) is 5.69 Å². The second kappa shape index (κ2) is 6.58. The summed E-state index contributed by atoms with van der Waals surface area (Å²) in [6, 6.07) is 8.59. The zero-order valence-corrected chi connectivity index (χ0v) is 16.5. The Kier molecular flexibility index (Phi) is 4.22. The lowest BCUT2D eigenvalue weighted by atomic mass is 10.0. The van der Waals surface area contributed by atoms with Crippen molar-refractivity contribution in [1.82, 2.24) is 18.9 Å². The van der Waals surface area contributed by atoms with E-state index in [1.807, 2.05) is 19.3 Å². The molecule has 138 valence electrons. The molecule has 4 aromatic rings. The van der Waals surface area contributed by atoms with Gasteiger partial charge >= 0.3 is 0 Å². The van der Waals surface area contributed by atoms with Crippen LogP contribution in [0, 0.1) is 34.6 Å². The lowest BCUT2D eigenvalue weighted by Crippen LogP contribution is -2.07. The van der Waals surface area contributed by atoms with Gasteiger partial charge in [-0.25, -0.2) is 9.97 Å². The first-order chi connectivity index (χ1) is 13.0. The van der Waals surface area contributed by atoms with Crippen molar-refractivity contribution in [3.63, 3.8) is 0 Å². The summed E-state index contributed by atoms with van der Waals surface area (Å²) >= 11 is 0. The van der Waals surface area contributed by atoms with Crippen molar-refractivity contribution in [3.8, 4) is 5.69 Å². The standard InChI is InChI=1S/C22H25N5/c1-14-7-6-8-15(2)20(14)12-24-21-11-19(26-10-9-23-18(26)5)13-27-17(4)16(3)25-22(21)27/h6-11,13,24H,12H2,1-5H3. The van der Waals surface area contributed by atoms with Crippen molar-refractivity contribution >= 4 is 11.3 Å². The van der Waals surface area contributed by atoms with E-state index in [-0.39, 0.29) is 0 Å². The van der Waals surface area contributed by atoms with Crippen LogP contribution in [0.25, 0.3) is 11.3 Å². The van der Waals surface area contributed by atoms with E-state index in [1.165, 1.54) is 16.7 Å². The molecule has 1 N–H and O–H groups in total. The number of pyridine rings is 1. The molecule has 0 unspecified atom stereocenters. The minimum absolute atomic E-state index is 0.769. The molecule has 5 nitrogen and oxygen atoms in total. The molecule has 0 aliphatic carbocycles. The Bertz CT molecular complexity index is 1110. The van der Waals surface area contributed by atoms with E-state index in [0.717, 1.165) is 40.8 Å². The zero-order valence-electron chi connectivity index (χ0n) is 16.5. The second-order valence-corrected chi connectivity index (χ2v) is 7.16. The van der Waals surface area contributed by atoms with Crippen molar-refractivity contribution in [3.05, 3.63) is 76.8 Å². The van der Waals surface area contributed by atoms with Gasteiger partial charge in [0, 0.05) is 30.8 Å².